The Morgan fingerprint density at radius 2 is 0.851 bits per heavy atom. The molecule has 4 aromatic carbocycles. The second kappa shape index (κ2) is 12.8. The van der Waals surface area contributed by atoms with Gasteiger partial charge in [-0.2, -0.15) is 0 Å². The lowest BCUT2D eigenvalue weighted by atomic mass is 9.97. The second-order valence-corrected chi connectivity index (χ2v) is 13.3. The van der Waals surface area contributed by atoms with Gasteiger partial charge in [0, 0.05) is 70.2 Å². The highest BCUT2D eigenvalue weighted by Gasteiger charge is 2.16. The predicted molar refractivity (Wildman–Crippen MR) is 206 cm³/mol. The first-order valence-corrected chi connectivity index (χ1v) is 17.0. The molecule has 4 heterocycles. The average Bonchev–Trinajstić information content (AvgIpc) is 3.67. The van der Waals surface area contributed by atoms with Gasteiger partial charge >= 0.3 is 0 Å². The van der Waals surface area contributed by atoms with E-state index in [1.54, 1.807) is 0 Å². The first-order chi connectivity index (χ1) is 22.5. The van der Waals surface area contributed by atoms with Gasteiger partial charge in [-0.15, -0.1) is 17.0 Å². The largest absolute Gasteiger partial charge is 0.354 e. The third-order valence-electron chi connectivity index (χ3n) is 10.5. The number of hydrogen-bond donors (Lipinski definition) is 0. The van der Waals surface area contributed by atoms with Crippen molar-refractivity contribution < 1.29 is 0 Å². The van der Waals surface area contributed by atoms with Gasteiger partial charge in [-0.25, -0.2) is 9.97 Å². The van der Waals surface area contributed by atoms with Crippen molar-refractivity contribution in [3.05, 3.63) is 108 Å². The fraction of sp³-hybridized carbons (Fsp3) is 0.286. The van der Waals surface area contributed by atoms with Crippen LogP contribution in [0.1, 0.15) is 60.8 Å². The molecule has 0 amide bonds. The van der Waals surface area contributed by atoms with Crippen LogP contribution in [0.5, 0.6) is 0 Å². The third-order valence-corrected chi connectivity index (χ3v) is 10.5. The van der Waals surface area contributed by atoms with Crippen molar-refractivity contribution in [2.75, 3.05) is 0 Å². The number of nitrogens with zero attached hydrogens (tertiary/aromatic N) is 4. The lowest BCUT2D eigenvalue weighted by molar-refractivity contribution is 0.531. The molecule has 0 spiro atoms. The van der Waals surface area contributed by atoms with Crippen LogP contribution < -0.4 is 0 Å². The number of rotatable bonds is 9. The summed E-state index contributed by atoms with van der Waals surface area (Å²) in [6.45, 7) is 11.1. The molecule has 0 bridgehead atoms. The fourth-order valence-electron chi connectivity index (χ4n) is 7.90. The van der Waals surface area contributed by atoms with E-state index in [2.05, 4.69) is 122 Å². The molecule has 0 radical (unpaired) electrons. The van der Waals surface area contributed by atoms with Gasteiger partial charge in [-0.1, -0.05) is 62.1 Å². The Labute approximate surface area is 287 Å². The summed E-state index contributed by atoms with van der Waals surface area (Å²) in [5, 5.41) is 10.5. The highest BCUT2D eigenvalue weighted by Crippen LogP contribution is 2.37. The molecule has 0 atom stereocenters. The average molecular weight is 684 g/mol. The van der Waals surface area contributed by atoms with Crippen LogP contribution >= 0.6 is 17.0 Å². The minimum Gasteiger partial charge on any atom is -0.354 e. The van der Waals surface area contributed by atoms with Crippen molar-refractivity contribution in [1.29, 1.82) is 0 Å². The molecular formula is C42H43BrN4. The third kappa shape index (κ3) is 5.39. The van der Waals surface area contributed by atoms with Gasteiger partial charge in [0.15, 0.2) is 0 Å². The van der Waals surface area contributed by atoms with Crippen LogP contribution in [0.4, 0.5) is 0 Å². The first-order valence-electron chi connectivity index (χ1n) is 17.0. The lowest BCUT2D eigenvalue weighted by Gasteiger charge is -2.13. The molecule has 0 unspecified atom stereocenters. The van der Waals surface area contributed by atoms with Gasteiger partial charge < -0.3 is 9.13 Å². The normalized spacial score (nSPS) is 11.9. The smallest absolute Gasteiger partial charge is 0.0754 e. The quantitative estimate of drug-likeness (QED) is 0.142. The Hall–Kier alpha value is -4.22. The van der Waals surface area contributed by atoms with Crippen LogP contribution in [0.2, 0.25) is 0 Å². The summed E-state index contributed by atoms with van der Waals surface area (Å²) in [5.74, 6) is 0. The topological polar surface area (TPSA) is 35.6 Å². The Bertz CT molecular complexity index is 2260. The van der Waals surface area contributed by atoms with Crippen molar-refractivity contribution in [2.24, 2.45) is 0 Å². The molecule has 5 heteroatoms. The van der Waals surface area contributed by atoms with E-state index in [1.807, 2.05) is 0 Å². The summed E-state index contributed by atoms with van der Waals surface area (Å²) in [6.07, 6.45) is 16.8. The van der Waals surface area contributed by atoms with E-state index in [-0.39, 0.29) is 17.0 Å². The van der Waals surface area contributed by atoms with Gasteiger partial charge in [0.25, 0.3) is 0 Å². The molecule has 8 rings (SSSR count). The molecule has 4 nitrogen and oxygen atoms in total. The second-order valence-electron chi connectivity index (χ2n) is 13.3. The highest BCUT2D eigenvalue weighted by molar-refractivity contribution is 8.93. The zero-order chi connectivity index (χ0) is 31.4. The lowest BCUT2D eigenvalue weighted by Crippen LogP contribution is -2.00. The maximum atomic E-state index is 4.98. The molecule has 0 saturated heterocycles. The number of unbranched alkanes of at least 4 members (excludes halogenated alkanes) is 5. The number of pyridine rings is 2. The van der Waals surface area contributed by atoms with Gasteiger partial charge in [-0.3, -0.25) is 0 Å². The number of benzene rings is 4. The van der Waals surface area contributed by atoms with Crippen molar-refractivity contribution in [3.8, 4) is 0 Å². The molecule has 0 N–H and O–H groups in total. The Kier molecular flexibility index (Phi) is 8.52. The van der Waals surface area contributed by atoms with E-state index in [0.29, 0.717) is 0 Å². The van der Waals surface area contributed by atoms with Gasteiger partial charge in [-0.05, 0) is 97.8 Å². The molecule has 4 aromatic heterocycles. The fourth-order valence-corrected chi connectivity index (χ4v) is 7.90. The van der Waals surface area contributed by atoms with Crippen LogP contribution in [0.3, 0.4) is 0 Å². The maximum Gasteiger partial charge on any atom is 0.0754 e. The van der Waals surface area contributed by atoms with Gasteiger partial charge in [0.1, 0.15) is 0 Å². The van der Waals surface area contributed by atoms with Crippen molar-refractivity contribution >= 4 is 82.1 Å². The highest BCUT2D eigenvalue weighted by atomic mass is 79.9. The number of halogens is 1. The standard InChI is InChI=1S/C42H42N4.BrH/c1-27-35-25-45(23-19-31(35)29(3)41-39(27)33-15-9-11-17-37(33)43-41)21-13-7-5-6-8-14-22-46-24-20-32-30(4)42-40(28(2)36(32)26-46)34-16-10-12-18-38(34)44-42;/h9-12,15-20,23-26H,5-8,13-14,21-22H2,1-4H3;1H. The molecule has 0 aliphatic carbocycles. The molecule has 0 fully saturated rings. The predicted octanol–water partition coefficient (Wildman–Crippen LogP) is 11.9. The van der Waals surface area contributed by atoms with Gasteiger partial charge in [0.05, 0.1) is 22.1 Å². The van der Waals surface area contributed by atoms with E-state index >= 15 is 0 Å². The number of aryl methyl sites for hydroxylation is 6. The molecule has 0 aliphatic rings. The first kappa shape index (κ1) is 31.4. The number of fused-ring (bicyclic) bond motifs is 8. The monoisotopic (exact) mass is 682 g/mol. The van der Waals surface area contributed by atoms with E-state index in [4.69, 9.17) is 9.97 Å². The molecule has 8 aromatic rings. The van der Waals surface area contributed by atoms with E-state index < -0.39 is 0 Å². The summed E-state index contributed by atoms with van der Waals surface area (Å²) in [7, 11) is 0. The summed E-state index contributed by atoms with van der Waals surface area (Å²) < 4.78 is 4.78. The summed E-state index contributed by atoms with van der Waals surface area (Å²) >= 11 is 0. The zero-order valence-corrected chi connectivity index (χ0v) is 29.6. The van der Waals surface area contributed by atoms with Gasteiger partial charge in [0.2, 0.25) is 0 Å². The summed E-state index contributed by atoms with van der Waals surface area (Å²) in [6, 6.07) is 21.7. The zero-order valence-electron chi connectivity index (χ0n) is 27.9. The minimum absolute atomic E-state index is 0. The number of aromatic nitrogens is 4. The molecular weight excluding hydrogens is 640 g/mol. The number of para-hydroxylation sites is 2. The van der Waals surface area contributed by atoms with Crippen molar-refractivity contribution in [1.82, 2.24) is 19.1 Å². The van der Waals surface area contributed by atoms with Crippen LogP contribution in [0, 0.1) is 27.7 Å². The summed E-state index contributed by atoms with van der Waals surface area (Å²) in [5.41, 5.74) is 9.76. The Morgan fingerprint density at radius 3 is 1.30 bits per heavy atom. The molecule has 238 valence electrons. The SMILES string of the molecule is Br.Cc1c2ccn(CCCCCCCCn3ccc4c(C)c5nc6ccccc6c5c(C)c4c3)cc2c(C)c2c1nc1ccccc12. The van der Waals surface area contributed by atoms with E-state index in [0.717, 1.165) is 35.2 Å². The molecule has 0 saturated carbocycles. The molecule has 0 aliphatic heterocycles. The van der Waals surface area contributed by atoms with Crippen LogP contribution in [-0.4, -0.2) is 19.1 Å². The van der Waals surface area contributed by atoms with E-state index in [9.17, 15) is 0 Å². The van der Waals surface area contributed by atoms with E-state index in [1.165, 1.54) is 104 Å². The van der Waals surface area contributed by atoms with Crippen molar-refractivity contribution in [3.63, 3.8) is 0 Å². The minimum atomic E-state index is 0. The maximum absolute atomic E-state index is 4.98. The summed E-state index contributed by atoms with van der Waals surface area (Å²) in [4.78, 5) is 9.96. The van der Waals surface area contributed by atoms with Crippen LogP contribution in [-0.2, 0) is 13.1 Å². The number of hydrogen-bond acceptors (Lipinski definition) is 2. The molecule has 47 heavy (non-hydrogen) atoms. The Morgan fingerprint density at radius 1 is 0.447 bits per heavy atom. The van der Waals surface area contributed by atoms with Crippen LogP contribution in [0.25, 0.3) is 65.2 Å². The Balaban J connectivity index is 0.00000351. The van der Waals surface area contributed by atoms with Crippen LogP contribution in [0.15, 0.2) is 85.5 Å². The van der Waals surface area contributed by atoms with Crippen molar-refractivity contribution in [2.45, 2.75) is 79.3 Å².